The Bertz CT molecular complexity index is 215. The molecule has 0 aromatic carbocycles. The second-order valence-electron chi connectivity index (χ2n) is 4.52. The van der Waals surface area contributed by atoms with Crippen molar-refractivity contribution in [3.8, 4) is 0 Å². The Kier molecular flexibility index (Phi) is 5.60. The summed E-state index contributed by atoms with van der Waals surface area (Å²) in [4.78, 5) is 13.7. The van der Waals surface area contributed by atoms with E-state index in [0.717, 1.165) is 39.0 Å². The summed E-state index contributed by atoms with van der Waals surface area (Å²) in [6, 6.07) is 0.351. The number of carbonyl (C=O) groups excluding carboxylic acids is 1. The number of nitrogens with one attached hydrogen (secondary N) is 1. The van der Waals surface area contributed by atoms with Gasteiger partial charge < -0.3 is 15.0 Å². The van der Waals surface area contributed by atoms with Crippen LogP contribution in [0.1, 0.15) is 33.1 Å². The fraction of sp³-hybridized carbons (Fsp3) is 0.917. The smallest absolute Gasteiger partial charge is 0.317 e. The zero-order chi connectivity index (χ0) is 12.0. The van der Waals surface area contributed by atoms with Crippen molar-refractivity contribution in [2.75, 3.05) is 26.8 Å². The van der Waals surface area contributed by atoms with Crippen LogP contribution in [0, 0.1) is 5.92 Å². The fourth-order valence-electron chi connectivity index (χ4n) is 2.03. The van der Waals surface area contributed by atoms with Crippen LogP contribution in [-0.2, 0) is 4.74 Å². The number of rotatable bonds is 4. The molecule has 1 saturated heterocycles. The molecule has 1 aliphatic rings. The zero-order valence-electron chi connectivity index (χ0n) is 10.7. The molecular weight excluding hydrogens is 204 g/mol. The average molecular weight is 228 g/mol. The molecular formula is C12H24N2O2. The molecule has 0 radical (unpaired) electrons. The molecule has 1 fully saturated rings. The van der Waals surface area contributed by atoms with Crippen LogP contribution in [0.25, 0.3) is 0 Å². The SMILES string of the molecule is CCC(C)N(CC1CCOCC1)C(=O)NC. The van der Waals surface area contributed by atoms with Crippen LogP contribution in [0.4, 0.5) is 4.79 Å². The molecule has 0 saturated carbocycles. The standard InChI is InChI=1S/C12H24N2O2/c1-4-10(2)14(12(15)13-3)9-11-5-7-16-8-6-11/h10-11H,4-9H2,1-3H3,(H,13,15). The lowest BCUT2D eigenvalue weighted by Crippen LogP contribution is -2.46. The fourth-order valence-corrected chi connectivity index (χ4v) is 2.03. The Hall–Kier alpha value is -0.770. The molecule has 4 nitrogen and oxygen atoms in total. The molecule has 0 spiro atoms. The van der Waals surface area contributed by atoms with Gasteiger partial charge in [0.05, 0.1) is 0 Å². The van der Waals surface area contributed by atoms with Crippen LogP contribution in [0.2, 0.25) is 0 Å². The van der Waals surface area contributed by atoms with Crippen molar-refractivity contribution in [2.24, 2.45) is 5.92 Å². The van der Waals surface area contributed by atoms with E-state index in [2.05, 4.69) is 19.2 Å². The molecule has 1 heterocycles. The van der Waals surface area contributed by atoms with E-state index in [1.807, 2.05) is 4.90 Å². The Labute approximate surface area is 98.3 Å². The van der Waals surface area contributed by atoms with Crippen molar-refractivity contribution in [1.82, 2.24) is 10.2 Å². The van der Waals surface area contributed by atoms with E-state index < -0.39 is 0 Å². The van der Waals surface area contributed by atoms with Crippen molar-refractivity contribution >= 4 is 6.03 Å². The molecule has 4 heteroatoms. The van der Waals surface area contributed by atoms with Gasteiger partial charge in [-0.1, -0.05) is 6.92 Å². The van der Waals surface area contributed by atoms with Crippen molar-refractivity contribution in [3.63, 3.8) is 0 Å². The Morgan fingerprint density at radius 3 is 2.62 bits per heavy atom. The number of nitrogens with zero attached hydrogens (tertiary/aromatic N) is 1. The molecule has 0 bridgehead atoms. The normalized spacial score (nSPS) is 19.2. The van der Waals surface area contributed by atoms with Crippen LogP contribution < -0.4 is 5.32 Å². The van der Waals surface area contributed by atoms with Gasteiger partial charge in [0.2, 0.25) is 0 Å². The van der Waals surface area contributed by atoms with Crippen molar-refractivity contribution in [2.45, 2.75) is 39.2 Å². The maximum atomic E-state index is 11.8. The summed E-state index contributed by atoms with van der Waals surface area (Å²) >= 11 is 0. The third-order valence-electron chi connectivity index (χ3n) is 3.39. The van der Waals surface area contributed by atoms with Gasteiger partial charge in [-0.2, -0.15) is 0 Å². The molecule has 94 valence electrons. The highest BCUT2D eigenvalue weighted by Crippen LogP contribution is 2.18. The third kappa shape index (κ3) is 3.67. The van der Waals surface area contributed by atoms with E-state index in [-0.39, 0.29) is 6.03 Å². The van der Waals surface area contributed by atoms with Gasteiger partial charge in [0.25, 0.3) is 0 Å². The quantitative estimate of drug-likeness (QED) is 0.798. The summed E-state index contributed by atoms with van der Waals surface area (Å²) in [5.41, 5.74) is 0. The summed E-state index contributed by atoms with van der Waals surface area (Å²) in [7, 11) is 1.70. The number of hydrogen-bond donors (Lipinski definition) is 1. The second kappa shape index (κ2) is 6.74. The summed E-state index contributed by atoms with van der Waals surface area (Å²) in [5.74, 6) is 0.597. The summed E-state index contributed by atoms with van der Waals surface area (Å²) in [6.07, 6.45) is 3.14. The minimum Gasteiger partial charge on any atom is -0.381 e. The lowest BCUT2D eigenvalue weighted by Gasteiger charge is -2.33. The monoisotopic (exact) mass is 228 g/mol. The molecule has 1 unspecified atom stereocenters. The molecule has 2 amide bonds. The van der Waals surface area contributed by atoms with E-state index in [9.17, 15) is 4.79 Å². The number of hydrogen-bond acceptors (Lipinski definition) is 2. The van der Waals surface area contributed by atoms with Gasteiger partial charge in [-0.25, -0.2) is 4.79 Å². The van der Waals surface area contributed by atoms with Gasteiger partial charge in [-0.15, -0.1) is 0 Å². The molecule has 0 aliphatic carbocycles. The lowest BCUT2D eigenvalue weighted by molar-refractivity contribution is 0.0523. The molecule has 1 N–H and O–H groups in total. The van der Waals surface area contributed by atoms with Crippen LogP contribution in [-0.4, -0.2) is 43.8 Å². The predicted octanol–water partition coefficient (Wildman–Crippen LogP) is 1.85. The lowest BCUT2D eigenvalue weighted by atomic mass is 9.99. The van der Waals surface area contributed by atoms with Gasteiger partial charge in [-0.05, 0) is 32.1 Å². The predicted molar refractivity (Wildman–Crippen MR) is 64.5 cm³/mol. The number of ether oxygens (including phenoxy) is 1. The van der Waals surface area contributed by atoms with Crippen LogP contribution in [0.15, 0.2) is 0 Å². The second-order valence-corrected chi connectivity index (χ2v) is 4.52. The van der Waals surface area contributed by atoms with Gasteiger partial charge in [0, 0.05) is 32.8 Å². The highest BCUT2D eigenvalue weighted by molar-refractivity contribution is 5.74. The van der Waals surface area contributed by atoms with Crippen molar-refractivity contribution in [3.05, 3.63) is 0 Å². The molecule has 1 aliphatic heterocycles. The van der Waals surface area contributed by atoms with Crippen molar-refractivity contribution in [1.29, 1.82) is 0 Å². The van der Waals surface area contributed by atoms with Gasteiger partial charge in [0.1, 0.15) is 0 Å². The largest absolute Gasteiger partial charge is 0.381 e. The summed E-state index contributed by atoms with van der Waals surface area (Å²) in [5, 5.41) is 2.73. The molecule has 0 aromatic heterocycles. The van der Waals surface area contributed by atoms with E-state index in [1.54, 1.807) is 7.05 Å². The van der Waals surface area contributed by atoms with Gasteiger partial charge in [-0.3, -0.25) is 0 Å². The molecule has 1 atom stereocenters. The number of urea groups is 1. The van der Waals surface area contributed by atoms with E-state index in [1.165, 1.54) is 0 Å². The number of carbonyl (C=O) groups is 1. The van der Waals surface area contributed by atoms with Crippen LogP contribution in [0.5, 0.6) is 0 Å². The van der Waals surface area contributed by atoms with Crippen LogP contribution >= 0.6 is 0 Å². The first kappa shape index (κ1) is 13.3. The average Bonchev–Trinajstić information content (AvgIpc) is 2.35. The van der Waals surface area contributed by atoms with Gasteiger partial charge in [0.15, 0.2) is 0 Å². The summed E-state index contributed by atoms with van der Waals surface area (Å²) in [6.45, 7) is 6.76. The topological polar surface area (TPSA) is 41.6 Å². The van der Waals surface area contributed by atoms with E-state index >= 15 is 0 Å². The Morgan fingerprint density at radius 1 is 1.50 bits per heavy atom. The first-order valence-electron chi connectivity index (χ1n) is 6.25. The first-order valence-corrected chi connectivity index (χ1v) is 6.25. The van der Waals surface area contributed by atoms with E-state index in [4.69, 9.17) is 4.74 Å². The minimum absolute atomic E-state index is 0.0424. The first-order chi connectivity index (χ1) is 7.69. The van der Waals surface area contributed by atoms with E-state index in [0.29, 0.717) is 12.0 Å². The highest BCUT2D eigenvalue weighted by Gasteiger charge is 2.23. The van der Waals surface area contributed by atoms with Crippen LogP contribution in [0.3, 0.4) is 0 Å². The number of amides is 2. The third-order valence-corrected chi connectivity index (χ3v) is 3.39. The van der Waals surface area contributed by atoms with Gasteiger partial charge >= 0.3 is 6.03 Å². The molecule has 0 aromatic rings. The highest BCUT2D eigenvalue weighted by atomic mass is 16.5. The molecule has 16 heavy (non-hydrogen) atoms. The Morgan fingerprint density at radius 2 is 2.12 bits per heavy atom. The zero-order valence-corrected chi connectivity index (χ0v) is 10.7. The summed E-state index contributed by atoms with van der Waals surface area (Å²) < 4.78 is 5.34. The van der Waals surface area contributed by atoms with Crippen molar-refractivity contribution < 1.29 is 9.53 Å². The maximum absolute atomic E-state index is 11.8. The Balaban J connectivity index is 2.51. The minimum atomic E-state index is 0.0424. The molecule has 1 rings (SSSR count). The maximum Gasteiger partial charge on any atom is 0.317 e.